The van der Waals surface area contributed by atoms with Crippen LogP contribution in [0.4, 0.5) is 10.5 Å². The SMILES string of the molecule is Cc1cccc(C(C(=O)Nc2c(C)cccc2C)N(CCO)C(=O)C(Cc2ccc(O)cc2)NC(=O)OC(C)(C)C)c1. The number of phenolic OH excluding ortho intramolecular Hbond substituents is 1. The second-order valence-corrected chi connectivity index (χ2v) is 11.4. The molecule has 3 amide bonds. The fourth-order valence-electron chi connectivity index (χ4n) is 4.71. The molecule has 0 saturated heterocycles. The number of rotatable bonds is 10. The molecule has 2 atom stereocenters. The zero-order valence-corrected chi connectivity index (χ0v) is 25.1. The second-order valence-electron chi connectivity index (χ2n) is 11.4. The summed E-state index contributed by atoms with van der Waals surface area (Å²) in [4.78, 5) is 42.5. The first-order chi connectivity index (χ1) is 19.8. The lowest BCUT2D eigenvalue weighted by Crippen LogP contribution is -2.54. The largest absolute Gasteiger partial charge is 0.508 e. The zero-order chi connectivity index (χ0) is 31.0. The van der Waals surface area contributed by atoms with Gasteiger partial charge in [0.2, 0.25) is 5.91 Å². The number of nitrogens with one attached hydrogen (secondary N) is 2. The smallest absolute Gasteiger partial charge is 0.408 e. The molecular formula is C33H41N3O6. The van der Waals surface area contributed by atoms with Crippen molar-refractivity contribution in [2.24, 2.45) is 0 Å². The van der Waals surface area contributed by atoms with E-state index in [1.54, 1.807) is 45.0 Å². The van der Waals surface area contributed by atoms with Gasteiger partial charge in [-0.15, -0.1) is 0 Å². The van der Waals surface area contributed by atoms with Gasteiger partial charge >= 0.3 is 6.09 Å². The van der Waals surface area contributed by atoms with Gasteiger partial charge in [0.05, 0.1) is 6.61 Å². The summed E-state index contributed by atoms with van der Waals surface area (Å²) in [5, 5.41) is 25.5. The lowest BCUT2D eigenvalue weighted by atomic mass is 9.98. The van der Waals surface area contributed by atoms with Crippen LogP contribution < -0.4 is 10.6 Å². The third-order valence-electron chi connectivity index (χ3n) is 6.64. The van der Waals surface area contributed by atoms with Crippen LogP contribution in [0.2, 0.25) is 0 Å². The number of aliphatic hydroxyl groups excluding tert-OH is 1. The second kappa shape index (κ2) is 14.0. The van der Waals surface area contributed by atoms with Gasteiger partial charge in [0.1, 0.15) is 23.4 Å². The maximum Gasteiger partial charge on any atom is 0.408 e. The summed E-state index contributed by atoms with van der Waals surface area (Å²) in [5.41, 5.74) is 3.67. The summed E-state index contributed by atoms with van der Waals surface area (Å²) in [5.74, 6) is -0.974. The minimum absolute atomic E-state index is 0.0549. The average molecular weight is 576 g/mol. The highest BCUT2D eigenvalue weighted by molar-refractivity contribution is 6.00. The maximum absolute atomic E-state index is 14.3. The van der Waals surface area contributed by atoms with Gasteiger partial charge in [0.15, 0.2) is 0 Å². The molecule has 3 aromatic carbocycles. The van der Waals surface area contributed by atoms with Crippen molar-refractivity contribution in [3.05, 3.63) is 94.5 Å². The number of anilines is 1. The Hall–Kier alpha value is -4.37. The molecule has 2 unspecified atom stereocenters. The first-order valence-corrected chi connectivity index (χ1v) is 13.9. The van der Waals surface area contributed by atoms with E-state index in [0.29, 0.717) is 16.8 Å². The van der Waals surface area contributed by atoms with Gasteiger partial charge in [0.25, 0.3) is 5.91 Å². The van der Waals surface area contributed by atoms with E-state index in [1.165, 1.54) is 17.0 Å². The number of alkyl carbamates (subject to hydrolysis) is 1. The molecule has 0 aliphatic rings. The number of aliphatic hydroxyl groups is 1. The summed E-state index contributed by atoms with van der Waals surface area (Å²) in [7, 11) is 0. The summed E-state index contributed by atoms with van der Waals surface area (Å²) >= 11 is 0. The Bertz CT molecular complexity index is 1380. The number of aryl methyl sites for hydroxylation is 3. The number of ether oxygens (including phenoxy) is 1. The van der Waals surface area contributed by atoms with Gasteiger partial charge in [-0.2, -0.15) is 0 Å². The lowest BCUT2D eigenvalue weighted by Gasteiger charge is -2.34. The van der Waals surface area contributed by atoms with Crippen molar-refractivity contribution in [2.45, 2.75) is 65.6 Å². The molecular weight excluding hydrogens is 534 g/mol. The average Bonchev–Trinajstić information content (AvgIpc) is 2.90. The van der Waals surface area contributed by atoms with Crippen LogP contribution in [0.15, 0.2) is 66.7 Å². The summed E-state index contributed by atoms with van der Waals surface area (Å²) < 4.78 is 5.44. The minimum atomic E-state index is -1.14. The van der Waals surface area contributed by atoms with Crippen molar-refractivity contribution in [1.29, 1.82) is 0 Å². The molecule has 0 aliphatic heterocycles. The van der Waals surface area contributed by atoms with E-state index in [1.807, 2.05) is 51.1 Å². The van der Waals surface area contributed by atoms with E-state index in [0.717, 1.165) is 16.7 Å². The molecule has 4 N–H and O–H groups in total. The summed E-state index contributed by atoms with van der Waals surface area (Å²) in [6.45, 7) is 10.2. The van der Waals surface area contributed by atoms with E-state index in [-0.39, 0.29) is 18.7 Å². The Morgan fingerprint density at radius 2 is 1.55 bits per heavy atom. The molecule has 9 heteroatoms. The highest BCUT2D eigenvalue weighted by atomic mass is 16.6. The zero-order valence-electron chi connectivity index (χ0n) is 25.1. The molecule has 0 radical (unpaired) electrons. The van der Waals surface area contributed by atoms with Crippen LogP contribution in [0.1, 0.15) is 54.6 Å². The highest BCUT2D eigenvalue weighted by Crippen LogP contribution is 2.28. The monoisotopic (exact) mass is 575 g/mol. The molecule has 0 bridgehead atoms. The summed E-state index contributed by atoms with van der Waals surface area (Å²) in [6.07, 6.45) is -0.741. The van der Waals surface area contributed by atoms with Crippen LogP contribution in [0.25, 0.3) is 0 Å². The van der Waals surface area contributed by atoms with Gasteiger partial charge in [0, 0.05) is 18.7 Å². The fourth-order valence-corrected chi connectivity index (χ4v) is 4.71. The Labute approximate surface area is 247 Å². The normalized spacial score (nSPS) is 12.6. The molecule has 0 heterocycles. The number of benzene rings is 3. The molecule has 0 fully saturated rings. The van der Waals surface area contributed by atoms with Crippen molar-refractivity contribution in [1.82, 2.24) is 10.2 Å². The molecule has 3 rings (SSSR count). The summed E-state index contributed by atoms with van der Waals surface area (Å²) in [6, 6.07) is 17.0. The Morgan fingerprint density at radius 3 is 2.12 bits per heavy atom. The predicted octanol–water partition coefficient (Wildman–Crippen LogP) is 4.95. The van der Waals surface area contributed by atoms with Gasteiger partial charge in [-0.25, -0.2) is 4.79 Å². The van der Waals surface area contributed by atoms with Gasteiger partial charge in [-0.05, 0) is 75.9 Å². The van der Waals surface area contributed by atoms with Crippen LogP contribution in [0.5, 0.6) is 5.75 Å². The molecule has 42 heavy (non-hydrogen) atoms. The number of para-hydroxylation sites is 1. The van der Waals surface area contributed by atoms with Crippen molar-refractivity contribution in [3.8, 4) is 5.75 Å². The van der Waals surface area contributed by atoms with Gasteiger partial charge in [-0.1, -0.05) is 60.2 Å². The topological polar surface area (TPSA) is 128 Å². The van der Waals surface area contributed by atoms with Crippen LogP contribution in [-0.4, -0.2) is 57.8 Å². The Balaban J connectivity index is 2.07. The number of nitrogens with zero attached hydrogens (tertiary/aromatic N) is 1. The van der Waals surface area contributed by atoms with E-state index in [4.69, 9.17) is 4.74 Å². The third kappa shape index (κ3) is 8.81. The fraction of sp³-hybridized carbons (Fsp3) is 0.364. The number of carbonyl (C=O) groups is 3. The number of phenols is 1. The lowest BCUT2D eigenvalue weighted by molar-refractivity contribution is -0.141. The number of hydrogen-bond donors (Lipinski definition) is 4. The Kier molecular flexibility index (Phi) is 10.7. The van der Waals surface area contributed by atoms with E-state index in [9.17, 15) is 24.6 Å². The van der Waals surface area contributed by atoms with Crippen molar-refractivity contribution < 1.29 is 29.3 Å². The van der Waals surface area contributed by atoms with Crippen LogP contribution in [0, 0.1) is 20.8 Å². The van der Waals surface area contributed by atoms with Crippen molar-refractivity contribution in [3.63, 3.8) is 0 Å². The molecule has 0 aliphatic carbocycles. The van der Waals surface area contributed by atoms with Crippen LogP contribution >= 0.6 is 0 Å². The number of aromatic hydroxyl groups is 1. The molecule has 224 valence electrons. The minimum Gasteiger partial charge on any atom is -0.508 e. The molecule has 0 spiro atoms. The third-order valence-corrected chi connectivity index (χ3v) is 6.64. The molecule has 3 aromatic rings. The quantitative estimate of drug-likeness (QED) is 0.271. The van der Waals surface area contributed by atoms with Crippen molar-refractivity contribution >= 4 is 23.6 Å². The van der Waals surface area contributed by atoms with Crippen LogP contribution in [0.3, 0.4) is 0 Å². The van der Waals surface area contributed by atoms with E-state index >= 15 is 0 Å². The molecule has 0 aromatic heterocycles. The first-order valence-electron chi connectivity index (χ1n) is 13.9. The van der Waals surface area contributed by atoms with Crippen molar-refractivity contribution in [2.75, 3.05) is 18.5 Å². The first kappa shape index (κ1) is 32.1. The van der Waals surface area contributed by atoms with Gasteiger partial charge < -0.3 is 30.5 Å². The molecule has 0 saturated carbocycles. The number of amides is 3. The molecule has 9 nitrogen and oxygen atoms in total. The van der Waals surface area contributed by atoms with E-state index < -0.39 is 42.2 Å². The predicted molar refractivity (Wildman–Crippen MR) is 162 cm³/mol. The highest BCUT2D eigenvalue weighted by Gasteiger charge is 2.36. The standard InChI is InChI=1S/C33H41N3O6/c1-21-9-7-12-25(19-21)29(30(39)35-28-22(2)10-8-11-23(28)3)36(17-18-37)31(40)27(34-32(41)42-33(4,5)6)20-24-13-15-26(38)16-14-24/h7-16,19,27,29,37-38H,17-18,20H2,1-6H3,(H,34,41)(H,35,39). The maximum atomic E-state index is 14.3. The van der Waals surface area contributed by atoms with Gasteiger partial charge in [-0.3, -0.25) is 9.59 Å². The van der Waals surface area contributed by atoms with Crippen LogP contribution in [-0.2, 0) is 20.7 Å². The van der Waals surface area contributed by atoms with E-state index in [2.05, 4.69) is 10.6 Å². The Morgan fingerprint density at radius 1 is 0.929 bits per heavy atom. The number of hydrogen-bond acceptors (Lipinski definition) is 6. The number of carbonyl (C=O) groups excluding carboxylic acids is 3.